The van der Waals surface area contributed by atoms with E-state index in [-0.39, 0.29) is 0 Å². The summed E-state index contributed by atoms with van der Waals surface area (Å²) < 4.78 is 0. The molecule has 0 amide bonds. The maximum Gasteiger partial charge on any atom is 0.0207 e. The highest BCUT2D eigenvalue weighted by Gasteiger charge is 2.17. The molecule has 0 aromatic heterocycles. The van der Waals surface area contributed by atoms with Crippen molar-refractivity contribution in [1.29, 1.82) is 0 Å². The lowest BCUT2D eigenvalue weighted by Gasteiger charge is -2.13. The first-order valence-electron chi connectivity index (χ1n) is 5.36. The van der Waals surface area contributed by atoms with Crippen LogP contribution in [0.25, 0.3) is 0 Å². The molecule has 0 radical (unpaired) electrons. The SMILES string of the molecule is CC(N)CCCNC1CCN(C)C1. The van der Waals surface area contributed by atoms with Crippen molar-refractivity contribution in [3.05, 3.63) is 0 Å². The van der Waals surface area contributed by atoms with E-state index in [1.54, 1.807) is 0 Å². The van der Waals surface area contributed by atoms with E-state index in [1.807, 2.05) is 0 Å². The summed E-state index contributed by atoms with van der Waals surface area (Å²) in [6, 6.07) is 1.08. The molecule has 0 aromatic rings. The Balaban J connectivity index is 1.94. The first-order chi connectivity index (χ1) is 6.18. The highest BCUT2D eigenvalue weighted by atomic mass is 15.2. The average Bonchev–Trinajstić information content (AvgIpc) is 2.45. The van der Waals surface area contributed by atoms with E-state index in [1.165, 1.54) is 25.9 Å². The van der Waals surface area contributed by atoms with Gasteiger partial charge in [-0.2, -0.15) is 0 Å². The standard InChI is InChI=1S/C10H23N3/c1-9(11)4-3-6-12-10-5-7-13(2)8-10/h9-10,12H,3-8,11H2,1-2H3. The Morgan fingerprint density at radius 1 is 1.62 bits per heavy atom. The third-order valence-corrected chi connectivity index (χ3v) is 2.66. The van der Waals surface area contributed by atoms with Gasteiger partial charge in [-0.15, -0.1) is 0 Å². The molecule has 1 fully saturated rings. The topological polar surface area (TPSA) is 41.3 Å². The Kier molecular flexibility index (Phi) is 4.70. The molecular weight excluding hydrogens is 162 g/mol. The van der Waals surface area contributed by atoms with Gasteiger partial charge in [0.05, 0.1) is 0 Å². The summed E-state index contributed by atoms with van der Waals surface area (Å²) in [5.41, 5.74) is 5.67. The van der Waals surface area contributed by atoms with Gasteiger partial charge < -0.3 is 16.0 Å². The van der Waals surface area contributed by atoms with Gasteiger partial charge in [-0.05, 0) is 46.3 Å². The van der Waals surface area contributed by atoms with Crippen LogP contribution in [-0.4, -0.2) is 43.7 Å². The van der Waals surface area contributed by atoms with Crippen molar-refractivity contribution < 1.29 is 0 Å². The van der Waals surface area contributed by atoms with Gasteiger partial charge in [0.15, 0.2) is 0 Å². The van der Waals surface area contributed by atoms with E-state index in [2.05, 4.69) is 24.2 Å². The number of nitrogens with one attached hydrogen (secondary N) is 1. The van der Waals surface area contributed by atoms with Gasteiger partial charge in [0.2, 0.25) is 0 Å². The van der Waals surface area contributed by atoms with E-state index in [0.717, 1.165) is 19.0 Å². The van der Waals surface area contributed by atoms with Crippen LogP contribution < -0.4 is 11.1 Å². The molecule has 3 heteroatoms. The van der Waals surface area contributed by atoms with Crippen molar-refractivity contribution in [2.24, 2.45) is 5.73 Å². The smallest absolute Gasteiger partial charge is 0.0207 e. The fourth-order valence-electron chi connectivity index (χ4n) is 1.83. The van der Waals surface area contributed by atoms with Crippen molar-refractivity contribution in [3.8, 4) is 0 Å². The van der Waals surface area contributed by atoms with E-state index in [0.29, 0.717) is 6.04 Å². The van der Waals surface area contributed by atoms with Crippen LogP contribution in [-0.2, 0) is 0 Å². The monoisotopic (exact) mass is 185 g/mol. The molecule has 1 saturated heterocycles. The lowest BCUT2D eigenvalue weighted by molar-refractivity contribution is 0.396. The van der Waals surface area contributed by atoms with Gasteiger partial charge in [0, 0.05) is 18.6 Å². The zero-order valence-corrected chi connectivity index (χ0v) is 8.92. The molecule has 2 atom stereocenters. The van der Waals surface area contributed by atoms with Gasteiger partial charge in [-0.25, -0.2) is 0 Å². The number of hydrogen-bond acceptors (Lipinski definition) is 3. The molecule has 1 heterocycles. The zero-order chi connectivity index (χ0) is 9.68. The van der Waals surface area contributed by atoms with Gasteiger partial charge in [-0.3, -0.25) is 0 Å². The van der Waals surface area contributed by atoms with Crippen LogP contribution in [0.15, 0.2) is 0 Å². The summed E-state index contributed by atoms with van der Waals surface area (Å²) in [5, 5.41) is 3.57. The second kappa shape index (κ2) is 5.58. The third kappa shape index (κ3) is 4.60. The third-order valence-electron chi connectivity index (χ3n) is 2.66. The zero-order valence-electron chi connectivity index (χ0n) is 8.92. The van der Waals surface area contributed by atoms with Crippen LogP contribution in [0, 0.1) is 0 Å². The molecule has 0 spiro atoms. The largest absolute Gasteiger partial charge is 0.328 e. The summed E-state index contributed by atoms with van der Waals surface area (Å²) in [6.45, 7) is 5.65. The molecule has 0 saturated carbocycles. The number of nitrogens with two attached hydrogens (primary N) is 1. The number of nitrogens with zero attached hydrogens (tertiary/aromatic N) is 1. The predicted molar refractivity (Wildman–Crippen MR) is 56.8 cm³/mol. The quantitative estimate of drug-likeness (QED) is 0.610. The Bertz CT molecular complexity index is 136. The second-order valence-electron chi connectivity index (χ2n) is 4.32. The first-order valence-corrected chi connectivity index (χ1v) is 5.36. The molecule has 78 valence electrons. The van der Waals surface area contributed by atoms with Crippen molar-refractivity contribution in [2.75, 3.05) is 26.7 Å². The maximum absolute atomic E-state index is 5.67. The molecule has 2 unspecified atom stereocenters. The Labute approximate surface area is 81.7 Å². The molecule has 0 aromatic carbocycles. The van der Waals surface area contributed by atoms with Crippen LogP contribution in [0.4, 0.5) is 0 Å². The van der Waals surface area contributed by atoms with Gasteiger partial charge >= 0.3 is 0 Å². The number of hydrogen-bond donors (Lipinski definition) is 2. The fourth-order valence-corrected chi connectivity index (χ4v) is 1.83. The summed E-state index contributed by atoms with van der Waals surface area (Å²) in [4.78, 5) is 2.38. The average molecular weight is 185 g/mol. The van der Waals surface area contributed by atoms with Crippen LogP contribution in [0.3, 0.4) is 0 Å². The van der Waals surface area contributed by atoms with Crippen LogP contribution in [0.5, 0.6) is 0 Å². The second-order valence-corrected chi connectivity index (χ2v) is 4.32. The van der Waals surface area contributed by atoms with Crippen molar-refractivity contribution in [1.82, 2.24) is 10.2 Å². The van der Waals surface area contributed by atoms with E-state index >= 15 is 0 Å². The number of likely N-dealkylation sites (N-methyl/N-ethyl adjacent to an activating group) is 1. The van der Waals surface area contributed by atoms with Crippen LogP contribution in [0.1, 0.15) is 26.2 Å². The normalized spacial score (nSPS) is 26.5. The molecule has 0 aliphatic carbocycles. The van der Waals surface area contributed by atoms with Crippen molar-refractivity contribution in [3.63, 3.8) is 0 Å². The van der Waals surface area contributed by atoms with Crippen LogP contribution in [0.2, 0.25) is 0 Å². The fraction of sp³-hybridized carbons (Fsp3) is 1.00. The molecule has 1 aliphatic rings. The highest BCUT2D eigenvalue weighted by molar-refractivity contribution is 4.78. The van der Waals surface area contributed by atoms with Crippen LogP contribution >= 0.6 is 0 Å². The van der Waals surface area contributed by atoms with E-state index in [9.17, 15) is 0 Å². The molecular formula is C10H23N3. The molecule has 3 N–H and O–H groups in total. The molecule has 1 rings (SSSR count). The maximum atomic E-state index is 5.67. The van der Waals surface area contributed by atoms with E-state index in [4.69, 9.17) is 5.73 Å². The Morgan fingerprint density at radius 2 is 2.38 bits per heavy atom. The Hall–Kier alpha value is -0.120. The van der Waals surface area contributed by atoms with Gasteiger partial charge in [-0.1, -0.05) is 0 Å². The van der Waals surface area contributed by atoms with E-state index < -0.39 is 0 Å². The number of likely N-dealkylation sites (tertiary alicyclic amines) is 1. The molecule has 3 nitrogen and oxygen atoms in total. The summed E-state index contributed by atoms with van der Waals surface area (Å²) in [6.07, 6.45) is 3.64. The van der Waals surface area contributed by atoms with Gasteiger partial charge in [0.25, 0.3) is 0 Å². The summed E-state index contributed by atoms with van der Waals surface area (Å²) in [5.74, 6) is 0. The summed E-state index contributed by atoms with van der Waals surface area (Å²) in [7, 11) is 2.18. The lowest BCUT2D eigenvalue weighted by atomic mass is 10.2. The highest BCUT2D eigenvalue weighted by Crippen LogP contribution is 2.05. The molecule has 1 aliphatic heterocycles. The predicted octanol–water partition coefficient (Wildman–Crippen LogP) is 0.408. The minimum atomic E-state index is 0.355. The minimum absolute atomic E-state index is 0.355. The van der Waals surface area contributed by atoms with Crippen molar-refractivity contribution >= 4 is 0 Å². The van der Waals surface area contributed by atoms with Crippen molar-refractivity contribution in [2.45, 2.75) is 38.3 Å². The summed E-state index contributed by atoms with van der Waals surface area (Å²) >= 11 is 0. The minimum Gasteiger partial charge on any atom is -0.328 e. The first kappa shape index (κ1) is 11.0. The van der Waals surface area contributed by atoms with Gasteiger partial charge in [0.1, 0.15) is 0 Å². The lowest BCUT2D eigenvalue weighted by Crippen LogP contribution is -2.32. The Morgan fingerprint density at radius 3 is 2.92 bits per heavy atom. The number of rotatable bonds is 5. The molecule has 0 bridgehead atoms. The molecule has 13 heavy (non-hydrogen) atoms.